The van der Waals surface area contributed by atoms with Crippen LogP contribution in [0.25, 0.3) is 0 Å². The van der Waals surface area contributed by atoms with Crippen molar-refractivity contribution in [2.24, 2.45) is 5.73 Å². The van der Waals surface area contributed by atoms with Gasteiger partial charge in [-0.3, -0.25) is 14.4 Å². The van der Waals surface area contributed by atoms with Gasteiger partial charge in [-0.15, -0.1) is 0 Å². The second-order valence-electron chi connectivity index (χ2n) is 11.6. The summed E-state index contributed by atoms with van der Waals surface area (Å²) in [4.78, 5) is 37.3. The number of ether oxygens (including phenoxy) is 4. The summed E-state index contributed by atoms with van der Waals surface area (Å²) in [5.74, 6) is -0.793. The van der Waals surface area contributed by atoms with Gasteiger partial charge in [-0.2, -0.15) is 0 Å². The molecule has 3 rings (SSSR count). The van der Waals surface area contributed by atoms with Crippen molar-refractivity contribution in [2.75, 3.05) is 27.2 Å². The Labute approximate surface area is 240 Å². The van der Waals surface area contributed by atoms with E-state index >= 15 is 0 Å². The van der Waals surface area contributed by atoms with Gasteiger partial charge in [0.15, 0.2) is 12.6 Å². The lowest BCUT2D eigenvalue weighted by Gasteiger charge is -2.49. The van der Waals surface area contributed by atoms with E-state index in [2.05, 4.69) is 16.0 Å². The van der Waals surface area contributed by atoms with Gasteiger partial charge < -0.3 is 60.9 Å². The van der Waals surface area contributed by atoms with Gasteiger partial charge in [0.1, 0.15) is 30.0 Å². The predicted octanol–water partition coefficient (Wildman–Crippen LogP) is -3.10. The standard InChI is InChI=1S/C26H47N5O10/c1-12(32)29-17-8-7-15(10-31(6)14(3)34)39-24(17)41-22-18(30-13(2)33)9-16(27)21(19(22)35)40-25-20(36)23(28-5)26(4,37)11-38-25/h15-25,28,35-37H,7-11,27H2,1-6H3,(H,29,32)(H,30,33)/t15-,16+,17+,18-,19+,20+,21-,22+,23+,24+,25+,26-/m0/s1. The molecule has 8 N–H and O–H groups in total. The largest absolute Gasteiger partial charge is 0.388 e. The van der Waals surface area contributed by atoms with E-state index in [1.807, 2.05) is 0 Å². The van der Waals surface area contributed by atoms with Crippen molar-refractivity contribution in [1.29, 1.82) is 0 Å². The number of hydrogen-bond acceptors (Lipinski definition) is 12. The summed E-state index contributed by atoms with van der Waals surface area (Å²) in [5, 5.41) is 41.4. The Morgan fingerprint density at radius 2 is 1.61 bits per heavy atom. The topological polar surface area (TPSA) is 214 Å². The molecule has 2 heterocycles. The summed E-state index contributed by atoms with van der Waals surface area (Å²) in [6.45, 7) is 5.83. The molecule has 3 aliphatic rings. The van der Waals surface area contributed by atoms with E-state index < -0.39 is 72.9 Å². The molecule has 1 saturated carbocycles. The zero-order chi connectivity index (χ0) is 30.6. The first kappa shape index (κ1) is 33.6. The molecule has 2 saturated heterocycles. The maximum atomic E-state index is 12.1. The fourth-order valence-corrected chi connectivity index (χ4v) is 5.82. The number of amides is 3. The number of likely N-dealkylation sites (N-methyl/N-ethyl adjacent to an activating group) is 2. The predicted molar refractivity (Wildman–Crippen MR) is 144 cm³/mol. The molecule has 0 aromatic heterocycles. The molecule has 0 bridgehead atoms. The summed E-state index contributed by atoms with van der Waals surface area (Å²) in [5.41, 5.74) is 5.03. The van der Waals surface area contributed by atoms with Crippen molar-refractivity contribution in [1.82, 2.24) is 20.9 Å². The molecule has 0 aromatic carbocycles. The highest BCUT2D eigenvalue weighted by molar-refractivity contribution is 5.74. The van der Waals surface area contributed by atoms with Crippen LogP contribution in [0, 0.1) is 0 Å². The van der Waals surface area contributed by atoms with Gasteiger partial charge in [0.2, 0.25) is 17.7 Å². The molecule has 236 valence electrons. The van der Waals surface area contributed by atoms with E-state index in [0.717, 1.165) is 0 Å². The smallest absolute Gasteiger partial charge is 0.219 e. The van der Waals surface area contributed by atoms with Crippen LogP contribution < -0.4 is 21.7 Å². The molecule has 15 heteroatoms. The van der Waals surface area contributed by atoms with E-state index in [-0.39, 0.29) is 30.7 Å². The Morgan fingerprint density at radius 1 is 1.00 bits per heavy atom. The van der Waals surface area contributed by atoms with Crippen molar-refractivity contribution in [3.8, 4) is 0 Å². The van der Waals surface area contributed by atoms with Gasteiger partial charge in [-0.05, 0) is 33.2 Å². The third-order valence-electron chi connectivity index (χ3n) is 7.99. The molecule has 15 nitrogen and oxygen atoms in total. The molecule has 0 spiro atoms. The number of hydrogen-bond donors (Lipinski definition) is 7. The fourth-order valence-electron chi connectivity index (χ4n) is 5.82. The van der Waals surface area contributed by atoms with Crippen LogP contribution >= 0.6 is 0 Å². The highest BCUT2D eigenvalue weighted by atomic mass is 16.7. The van der Waals surface area contributed by atoms with E-state index in [9.17, 15) is 29.7 Å². The highest BCUT2D eigenvalue weighted by Gasteiger charge is 2.51. The van der Waals surface area contributed by atoms with E-state index in [0.29, 0.717) is 19.4 Å². The SMILES string of the molecule is CN[C@@H]1[C@@H](O)[C@@H](O[C@@H]2[C@@H](O)[C@H](O[C@H]3O[C@H](CN(C)C(C)=O)CC[C@H]3NC(C)=O)[C@@H](NC(C)=O)C[C@H]2N)OC[C@]1(C)O. The van der Waals surface area contributed by atoms with Gasteiger partial charge in [0.25, 0.3) is 0 Å². The van der Waals surface area contributed by atoms with Crippen LogP contribution in [0.15, 0.2) is 0 Å². The van der Waals surface area contributed by atoms with Gasteiger partial charge in [-0.1, -0.05) is 0 Å². The Balaban J connectivity index is 1.83. The quantitative estimate of drug-likeness (QED) is 0.142. The van der Waals surface area contributed by atoms with Crippen LogP contribution in [-0.4, -0.2) is 138 Å². The van der Waals surface area contributed by atoms with Crippen molar-refractivity contribution < 1.29 is 48.7 Å². The zero-order valence-electron chi connectivity index (χ0n) is 24.6. The number of aliphatic hydroxyl groups is 3. The summed E-state index contributed by atoms with van der Waals surface area (Å²) < 4.78 is 24.1. The average molecular weight is 590 g/mol. The van der Waals surface area contributed by atoms with Crippen LogP contribution in [0.2, 0.25) is 0 Å². The second kappa shape index (κ2) is 14.0. The molecule has 12 atom stereocenters. The minimum atomic E-state index is -1.41. The van der Waals surface area contributed by atoms with Gasteiger partial charge in [-0.25, -0.2) is 0 Å². The lowest BCUT2D eigenvalue weighted by atomic mass is 9.83. The number of aliphatic hydroxyl groups excluding tert-OH is 2. The Kier molecular flexibility index (Phi) is 11.5. The number of nitrogens with one attached hydrogen (secondary N) is 3. The van der Waals surface area contributed by atoms with Crippen LogP contribution in [0.3, 0.4) is 0 Å². The molecular weight excluding hydrogens is 542 g/mol. The van der Waals surface area contributed by atoms with Crippen molar-refractivity contribution >= 4 is 17.7 Å². The van der Waals surface area contributed by atoms with Crippen LogP contribution in [-0.2, 0) is 33.3 Å². The molecule has 3 amide bonds. The summed E-state index contributed by atoms with van der Waals surface area (Å²) in [7, 11) is 3.24. The van der Waals surface area contributed by atoms with Crippen molar-refractivity contribution in [3.63, 3.8) is 0 Å². The van der Waals surface area contributed by atoms with E-state index in [1.54, 1.807) is 14.1 Å². The molecule has 3 fully saturated rings. The monoisotopic (exact) mass is 589 g/mol. The molecule has 1 aliphatic carbocycles. The maximum absolute atomic E-state index is 12.1. The Hall–Kier alpha value is -1.95. The van der Waals surface area contributed by atoms with Gasteiger partial charge in [0.05, 0.1) is 30.8 Å². The van der Waals surface area contributed by atoms with Crippen LogP contribution in [0.5, 0.6) is 0 Å². The van der Waals surface area contributed by atoms with Gasteiger partial charge >= 0.3 is 0 Å². The number of nitrogens with two attached hydrogens (primary N) is 1. The number of carbonyl (C=O) groups excluding carboxylic acids is 3. The minimum Gasteiger partial charge on any atom is -0.388 e. The second-order valence-corrected chi connectivity index (χ2v) is 11.6. The zero-order valence-corrected chi connectivity index (χ0v) is 24.6. The molecule has 0 aromatic rings. The summed E-state index contributed by atoms with van der Waals surface area (Å²) in [6, 6.07) is -2.87. The number of carbonyl (C=O) groups is 3. The minimum absolute atomic E-state index is 0.133. The third-order valence-corrected chi connectivity index (χ3v) is 7.99. The molecule has 0 radical (unpaired) electrons. The van der Waals surface area contributed by atoms with E-state index in [4.69, 9.17) is 24.7 Å². The average Bonchev–Trinajstić information content (AvgIpc) is 2.86. The lowest BCUT2D eigenvalue weighted by molar-refractivity contribution is -0.308. The normalized spacial score (nSPS) is 41.4. The van der Waals surface area contributed by atoms with Crippen LogP contribution in [0.4, 0.5) is 0 Å². The first-order valence-corrected chi connectivity index (χ1v) is 14.0. The molecular formula is C26H47N5O10. The Morgan fingerprint density at radius 3 is 2.20 bits per heavy atom. The number of rotatable bonds is 9. The van der Waals surface area contributed by atoms with E-state index in [1.165, 1.54) is 32.6 Å². The summed E-state index contributed by atoms with van der Waals surface area (Å²) >= 11 is 0. The van der Waals surface area contributed by atoms with Crippen molar-refractivity contribution in [2.45, 2.75) is 120 Å². The first-order valence-electron chi connectivity index (χ1n) is 14.0. The molecule has 2 aliphatic heterocycles. The third kappa shape index (κ3) is 8.33. The highest BCUT2D eigenvalue weighted by Crippen LogP contribution is 2.32. The lowest BCUT2D eigenvalue weighted by Crippen LogP contribution is -2.69. The van der Waals surface area contributed by atoms with Gasteiger partial charge in [0, 0.05) is 40.4 Å². The Bertz CT molecular complexity index is 925. The molecule has 0 unspecified atom stereocenters. The summed E-state index contributed by atoms with van der Waals surface area (Å²) in [6.07, 6.45) is -6.34. The first-order chi connectivity index (χ1) is 19.1. The van der Waals surface area contributed by atoms with Crippen LogP contribution in [0.1, 0.15) is 47.0 Å². The molecule has 41 heavy (non-hydrogen) atoms. The maximum Gasteiger partial charge on any atom is 0.219 e. The van der Waals surface area contributed by atoms with Crippen molar-refractivity contribution in [3.05, 3.63) is 0 Å². The number of nitrogens with zero attached hydrogens (tertiary/aromatic N) is 1. The fraction of sp³-hybridized carbons (Fsp3) is 0.885.